The van der Waals surface area contributed by atoms with Gasteiger partial charge in [0.05, 0.1) is 43.4 Å². The Labute approximate surface area is 235 Å². The van der Waals surface area contributed by atoms with Crippen LogP contribution in [0.2, 0.25) is 0 Å². The fourth-order valence-corrected chi connectivity index (χ4v) is 5.97. The van der Waals surface area contributed by atoms with E-state index in [1.807, 2.05) is 48.5 Å². The molecule has 0 unspecified atom stereocenters. The third-order valence-electron chi connectivity index (χ3n) is 6.44. The molecule has 0 aromatic heterocycles. The maximum atomic E-state index is 12.6. The minimum absolute atomic E-state index is 0.0193. The van der Waals surface area contributed by atoms with E-state index in [4.69, 9.17) is 28.5 Å². The van der Waals surface area contributed by atoms with E-state index >= 15 is 0 Å². The number of carbonyl (C=O) groups excluding carboxylic acids is 1. The van der Waals surface area contributed by atoms with Crippen molar-refractivity contribution in [2.45, 2.75) is 27.5 Å². The summed E-state index contributed by atoms with van der Waals surface area (Å²) in [4.78, 5) is 38.1. The van der Waals surface area contributed by atoms with Crippen molar-refractivity contribution < 1.29 is 33.3 Å². The van der Waals surface area contributed by atoms with Crippen LogP contribution in [0.4, 0.5) is 0 Å². The number of hydrogen-bond acceptors (Lipinski definition) is 9. The standard InChI is InChI=1S/C29H27NO7S2/c31-29(30-11-15-32-16-12-30)8-2-20-1-7-28(38-23-3-5-25-21(18-23)9-13-33-35-25)27(17-20)37-39-24-4-6-26-22(19-24)10-14-34-36-26/h1-8,17-19H,9-16H2/b8-2+. The van der Waals surface area contributed by atoms with Crippen molar-refractivity contribution in [3.05, 3.63) is 77.4 Å². The summed E-state index contributed by atoms with van der Waals surface area (Å²) in [6.45, 7) is 3.43. The zero-order chi connectivity index (χ0) is 26.4. The fraction of sp³-hybridized carbons (Fsp3) is 0.276. The first-order chi connectivity index (χ1) is 19.2. The number of fused-ring (bicyclic) bond motifs is 2. The number of carbonyl (C=O) groups is 1. The van der Waals surface area contributed by atoms with Gasteiger partial charge in [0.15, 0.2) is 17.2 Å². The highest BCUT2D eigenvalue weighted by Gasteiger charge is 2.17. The summed E-state index contributed by atoms with van der Waals surface area (Å²) >= 11 is 2.91. The summed E-state index contributed by atoms with van der Waals surface area (Å²) in [5, 5.41) is 0. The average molecular weight is 566 g/mol. The second-order valence-corrected chi connectivity index (χ2v) is 11.0. The highest BCUT2D eigenvalue weighted by atomic mass is 32.2. The minimum atomic E-state index is -0.0193. The number of ether oxygens (including phenoxy) is 1. The molecule has 0 N–H and O–H groups in total. The molecule has 1 saturated heterocycles. The van der Waals surface area contributed by atoms with Crippen molar-refractivity contribution in [2.75, 3.05) is 39.5 Å². The van der Waals surface area contributed by atoms with Gasteiger partial charge in [0, 0.05) is 52.9 Å². The fourth-order valence-electron chi connectivity index (χ4n) is 4.35. The lowest BCUT2D eigenvalue weighted by Gasteiger charge is -2.25. The van der Waals surface area contributed by atoms with Gasteiger partial charge in [-0.15, -0.1) is 0 Å². The Balaban J connectivity index is 1.23. The third-order valence-corrected chi connectivity index (χ3v) is 8.19. The van der Waals surface area contributed by atoms with E-state index in [2.05, 4.69) is 12.1 Å². The van der Waals surface area contributed by atoms with Crippen molar-refractivity contribution in [2.24, 2.45) is 0 Å². The largest absolute Gasteiger partial charge is 0.419 e. The summed E-state index contributed by atoms with van der Waals surface area (Å²) in [5.41, 5.74) is 3.08. The highest BCUT2D eigenvalue weighted by molar-refractivity contribution is 7.99. The molecule has 39 heavy (non-hydrogen) atoms. The molecular weight excluding hydrogens is 538 g/mol. The third kappa shape index (κ3) is 6.54. The van der Waals surface area contributed by atoms with Crippen LogP contribution in [0.5, 0.6) is 17.2 Å². The van der Waals surface area contributed by atoms with Gasteiger partial charge >= 0.3 is 0 Å². The highest BCUT2D eigenvalue weighted by Crippen LogP contribution is 2.40. The summed E-state index contributed by atoms with van der Waals surface area (Å²) in [6.07, 6.45) is 5.03. The molecule has 1 fully saturated rings. The van der Waals surface area contributed by atoms with Gasteiger partial charge in [-0.25, -0.2) is 0 Å². The first-order valence-corrected chi connectivity index (χ1v) is 14.3. The molecule has 10 heteroatoms. The van der Waals surface area contributed by atoms with Crippen LogP contribution < -0.4 is 14.0 Å². The molecule has 1 amide bonds. The minimum Gasteiger partial charge on any atom is -0.419 e. The molecule has 0 atom stereocenters. The molecule has 0 bridgehead atoms. The smallest absolute Gasteiger partial charge is 0.246 e. The van der Waals surface area contributed by atoms with Crippen LogP contribution in [0, 0.1) is 0 Å². The second kappa shape index (κ2) is 12.4. The normalized spacial score (nSPS) is 16.7. The average Bonchev–Trinajstić information content (AvgIpc) is 3.00. The van der Waals surface area contributed by atoms with E-state index in [0.29, 0.717) is 45.3 Å². The number of benzene rings is 3. The van der Waals surface area contributed by atoms with Gasteiger partial charge in [-0.3, -0.25) is 4.79 Å². The molecular formula is C29H27NO7S2. The van der Waals surface area contributed by atoms with E-state index in [1.165, 1.54) is 12.0 Å². The van der Waals surface area contributed by atoms with Crippen molar-refractivity contribution in [3.8, 4) is 17.2 Å². The number of nitrogens with zero attached hydrogens (tertiary/aromatic N) is 1. The first-order valence-electron chi connectivity index (χ1n) is 12.8. The van der Waals surface area contributed by atoms with E-state index in [1.54, 1.807) is 22.7 Å². The topological polar surface area (TPSA) is 75.7 Å². The molecule has 0 aliphatic carbocycles. The lowest BCUT2D eigenvalue weighted by molar-refractivity contribution is -0.215. The van der Waals surface area contributed by atoms with Crippen LogP contribution >= 0.6 is 23.8 Å². The number of hydrogen-bond donors (Lipinski definition) is 0. The molecule has 3 aromatic carbocycles. The van der Waals surface area contributed by atoms with E-state index in [9.17, 15) is 4.79 Å². The lowest BCUT2D eigenvalue weighted by Crippen LogP contribution is -2.39. The predicted molar refractivity (Wildman–Crippen MR) is 147 cm³/mol. The Hall–Kier alpha value is -3.15. The Morgan fingerprint density at radius 1 is 0.821 bits per heavy atom. The van der Waals surface area contributed by atoms with Crippen LogP contribution in [-0.4, -0.2) is 50.3 Å². The van der Waals surface area contributed by atoms with Gasteiger partial charge in [-0.05, 0) is 60.2 Å². The van der Waals surface area contributed by atoms with Gasteiger partial charge in [-0.1, -0.05) is 17.8 Å². The second-order valence-electron chi connectivity index (χ2n) is 9.10. The van der Waals surface area contributed by atoms with Gasteiger partial charge in [0.2, 0.25) is 5.91 Å². The molecule has 3 aromatic rings. The maximum absolute atomic E-state index is 12.6. The molecule has 0 spiro atoms. The lowest BCUT2D eigenvalue weighted by atomic mass is 10.1. The van der Waals surface area contributed by atoms with Crippen molar-refractivity contribution in [1.82, 2.24) is 4.90 Å². The monoisotopic (exact) mass is 565 g/mol. The van der Waals surface area contributed by atoms with Gasteiger partial charge < -0.3 is 23.6 Å². The molecule has 0 saturated carbocycles. The van der Waals surface area contributed by atoms with Crippen LogP contribution in [0.25, 0.3) is 6.08 Å². The molecule has 0 radical (unpaired) electrons. The Kier molecular flexibility index (Phi) is 8.27. The zero-order valence-electron chi connectivity index (χ0n) is 21.1. The molecule has 3 aliphatic rings. The van der Waals surface area contributed by atoms with E-state index in [-0.39, 0.29) is 5.91 Å². The van der Waals surface area contributed by atoms with Gasteiger partial charge in [0.1, 0.15) is 0 Å². The van der Waals surface area contributed by atoms with Crippen LogP contribution in [0.1, 0.15) is 16.7 Å². The van der Waals surface area contributed by atoms with Crippen molar-refractivity contribution in [1.29, 1.82) is 0 Å². The van der Waals surface area contributed by atoms with Crippen molar-refractivity contribution >= 4 is 35.8 Å². The van der Waals surface area contributed by atoms with Crippen LogP contribution in [0.15, 0.2) is 75.4 Å². The molecule has 3 aliphatic heterocycles. The van der Waals surface area contributed by atoms with Crippen molar-refractivity contribution in [3.63, 3.8) is 0 Å². The predicted octanol–water partition coefficient (Wildman–Crippen LogP) is 5.53. The SMILES string of the molecule is O=C(/C=C/c1ccc(Sc2ccc3c(c2)CCOO3)c(OSc2ccc3c(c2)CCOO3)c1)N1CCOCC1. The molecule has 3 heterocycles. The molecule has 6 rings (SSSR count). The number of morpholine rings is 1. The van der Waals surface area contributed by atoms with E-state index < -0.39 is 0 Å². The Morgan fingerprint density at radius 2 is 1.51 bits per heavy atom. The number of amides is 1. The zero-order valence-corrected chi connectivity index (χ0v) is 22.8. The summed E-state index contributed by atoms with van der Waals surface area (Å²) in [7, 11) is 0. The first kappa shape index (κ1) is 26.1. The number of rotatable bonds is 7. The Morgan fingerprint density at radius 3 is 2.26 bits per heavy atom. The summed E-state index contributed by atoms with van der Waals surface area (Å²) in [5.74, 6) is 2.18. The van der Waals surface area contributed by atoms with E-state index in [0.717, 1.165) is 55.7 Å². The van der Waals surface area contributed by atoms with Crippen LogP contribution in [-0.2, 0) is 32.1 Å². The van der Waals surface area contributed by atoms with Gasteiger partial charge in [-0.2, -0.15) is 9.78 Å². The quantitative estimate of drug-likeness (QED) is 0.209. The summed E-state index contributed by atoms with van der Waals surface area (Å²) in [6, 6.07) is 17.9. The summed E-state index contributed by atoms with van der Waals surface area (Å²) < 4.78 is 11.6. The van der Waals surface area contributed by atoms with Crippen LogP contribution in [0.3, 0.4) is 0 Å². The van der Waals surface area contributed by atoms with Gasteiger partial charge in [0.25, 0.3) is 0 Å². The molecule has 8 nitrogen and oxygen atoms in total. The Bertz CT molecular complexity index is 1370. The molecule has 202 valence electrons. The maximum Gasteiger partial charge on any atom is 0.246 e.